The minimum absolute atomic E-state index is 0.235. The molecular formula is C12H15F4NO. The van der Waals surface area contributed by atoms with Crippen LogP contribution in [0.2, 0.25) is 0 Å². The summed E-state index contributed by atoms with van der Waals surface area (Å²) in [4.78, 5) is 1.92. The molecule has 0 fully saturated rings. The maximum absolute atomic E-state index is 13.4. The number of alkyl halides is 3. The highest BCUT2D eigenvalue weighted by Crippen LogP contribution is 2.25. The van der Waals surface area contributed by atoms with Gasteiger partial charge in [0.2, 0.25) is 0 Å². The Balaban J connectivity index is 2.69. The van der Waals surface area contributed by atoms with Gasteiger partial charge in [0.25, 0.3) is 0 Å². The van der Waals surface area contributed by atoms with Crippen LogP contribution in [0.25, 0.3) is 0 Å². The first-order valence-corrected chi connectivity index (χ1v) is 5.47. The first-order valence-electron chi connectivity index (χ1n) is 5.47. The molecule has 0 aromatic heterocycles. The summed E-state index contributed by atoms with van der Waals surface area (Å²) >= 11 is 0. The number of halogens is 4. The quantitative estimate of drug-likeness (QED) is 0.758. The van der Waals surface area contributed by atoms with Crippen molar-refractivity contribution in [3.05, 3.63) is 29.6 Å². The van der Waals surface area contributed by atoms with Crippen LogP contribution in [0.1, 0.15) is 12.0 Å². The first kappa shape index (κ1) is 14.8. The lowest BCUT2D eigenvalue weighted by Gasteiger charge is -2.12. The van der Waals surface area contributed by atoms with E-state index in [-0.39, 0.29) is 11.3 Å². The second kappa shape index (κ2) is 6.04. The smallest absolute Gasteiger partial charge is 0.406 e. The SMILES string of the molecule is CN(C)CCCc1cc(OC(F)(F)F)ccc1F. The molecule has 0 saturated carbocycles. The zero-order valence-electron chi connectivity index (χ0n) is 10.2. The van der Waals surface area contributed by atoms with Crippen molar-refractivity contribution in [2.75, 3.05) is 20.6 Å². The van der Waals surface area contributed by atoms with E-state index in [4.69, 9.17) is 0 Å². The number of benzene rings is 1. The van der Waals surface area contributed by atoms with Gasteiger partial charge in [0.1, 0.15) is 11.6 Å². The van der Waals surface area contributed by atoms with Crippen LogP contribution in [0.5, 0.6) is 5.75 Å². The molecule has 0 bridgehead atoms. The summed E-state index contributed by atoms with van der Waals surface area (Å²) < 4.78 is 53.2. The van der Waals surface area contributed by atoms with Crippen molar-refractivity contribution in [3.8, 4) is 5.75 Å². The Kier molecular flexibility index (Phi) is 4.95. The summed E-state index contributed by atoms with van der Waals surface area (Å²) in [7, 11) is 3.75. The molecule has 0 saturated heterocycles. The van der Waals surface area contributed by atoms with E-state index in [1.807, 2.05) is 19.0 Å². The van der Waals surface area contributed by atoms with E-state index in [1.54, 1.807) is 0 Å². The molecule has 102 valence electrons. The van der Waals surface area contributed by atoms with E-state index in [0.717, 1.165) is 24.7 Å². The van der Waals surface area contributed by atoms with Gasteiger partial charge in [-0.2, -0.15) is 0 Å². The Bertz CT molecular complexity index is 390. The summed E-state index contributed by atoms with van der Waals surface area (Å²) in [6.07, 6.45) is -3.71. The maximum Gasteiger partial charge on any atom is 0.573 e. The van der Waals surface area contributed by atoms with E-state index in [0.29, 0.717) is 12.8 Å². The Hall–Kier alpha value is -1.30. The highest BCUT2D eigenvalue weighted by atomic mass is 19.4. The molecule has 6 heteroatoms. The van der Waals surface area contributed by atoms with Crippen LogP contribution >= 0.6 is 0 Å². The third-order valence-electron chi connectivity index (χ3n) is 2.30. The van der Waals surface area contributed by atoms with Crippen LogP contribution in [0.4, 0.5) is 17.6 Å². The average Bonchev–Trinajstić information content (AvgIpc) is 2.20. The molecule has 0 atom stereocenters. The molecule has 0 aliphatic carbocycles. The predicted molar refractivity (Wildman–Crippen MR) is 60.0 cm³/mol. The van der Waals surface area contributed by atoms with Gasteiger partial charge in [-0.1, -0.05) is 0 Å². The van der Waals surface area contributed by atoms with E-state index >= 15 is 0 Å². The normalized spacial score (nSPS) is 11.9. The molecule has 1 rings (SSSR count). The van der Waals surface area contributed by atoms with Crippen molar-refractivity contribution in [1.82, 2.24) is 4.90 Å². The molecule has 0 amide bonds. The van der Waals surface area contributed by atoms with Crippen molar-refractivity contribution in [2.45, 2.75) is 19.2 Å². The van der Waals surface area contributed by atoms with E-state index in [9.17, 15) is 17.6 Å². The molecule has 0 aliphatic heterocycles. The van der Waals surface area contributed by atoms with Crippen molar-refractivity contribution in [2.24, 2.45) is 0 Å². The van der Waals surface area contributed by atoms with Crippen LogP contribution in [-0.4, -0.2) is 31.9 Å². The fourth-order valence-electron chi connectivity index (χ4n) is 1.53. The molecular weight excluding hydrogens is 250 g/mol. The van der Waals surface area contributed by atoms with Gasteiger partial charge in [-0.15, -0.1) is 13.2 Å². The molecule has 0 aliphatic rings. The van der Waals surface area contributed by atoms with Gasteiger partial charge in [-0.25, -0.2) is 4.39 Å². The molecule has 2 nitrogen and oxygen atoms in total. The second-order valence-electron chi connectivity index (χ2n) is 4.21. The number of aryl methyl sites for hydroxylation is 1. The van der Waals surface area contributed by atoms with E-state index < -0.39 is 12.2 Å². The monoisotopic (exact) mass is 265 g/mol. The van der Waals surface area contributed by atoms with Gasteiger partial charge in [0.15, 0.2) is 0 Å². The van der Waals surface area contributed by atoms with Crippen LogP contribution in [0.15, 0.2) is 18.2 Å². The summed E-state index contributed by atoms with van der Waals surface area (Å²) in [5.74, 6) is -0.896. The predicted octanol–water partition coefficient (Wildman–Crippen LogP) is 3.22. The summed E-state index contributed by atoms with van der Waals surface area (Å²) in [6, 6.07) is 3.06. The summed E-state index contributed by atoms with van der Waals surface area (Å²) in [6.45, 7) is 0.740. The molecule has 18 heavy (non-hydrogen) atoms. The third kappa shape index (κ3) is 5.35. The summed E-state index contributed by atoms with van der Waals surface area (Å²) in [5, 5.41) is 0. The van der Waals surface area contributed by atoms with Gasteiger partial charge in [0, 0.05) is 0 Å². The van der Waals surface area contributed by atoms with Crippen LogP contribution in [0, 0.1) is 5.82 Å². The van der Waals surface area contributed by atoms with Crippen molar-refractivity contribution in [1.29, 1.82) is 0 Å². The Morgan fingerprint density at radius 1 is 1.22 bits per heavy atom. The minimum Gasteiger partial charge on any atom is -0.406 e. The number of hydrogen-bond acceptors (Lipinski definition) is 2. The lowest BCUT2D eigenvalue weighted by atomic mass is 10.1. The van der Waals surface area contributed by atoms with Gasteiger partial charge in [-0.05, 0) is 57.2 Å². The molecule has 0 spiro atoms. The number of hydrogen-bond donors (Lipinski definition) is 0. The van der Waals surface area contributed by atoms with Gasteiger partial charge < -0.3 is 9.64 Å². The van der Waals surface area contributed by atoms with Gasteiger partial charge in [-0.3, -0.25) is 0 Å². The Labute approximate surface area is 103 Å². The van der Waals surface area contributed by atoms with Crippen LogP contribution in [0.3, 0.4) is 0 Å². The topological polar surface area (TPSA) is 12.5 Å². The minimum atomic E-state index is -4.75. The Morgan fingerprint density at radius 3 is 2.44 bits per heavy atom. The zero-order chi connectivity index (χ0) is 13.8. The largest absolute Gasteiger partial charge is 0.573 e. The standard InChI is InChI=1S/C12H15F4NO/c1-17(2)7-3-4-9-8-10(5-6-11(9)13)18-12(14,15)16/h5-6,8H,3-4,7H2,1-2H3. The Morgan fingerprint density at radius 2 is 1.89 bits per heavy atom. The molecule has 1 aromatic rings. The lowest BCUT2D eigenvalue weighted by molar-refractivity contribution is -0.274. The van der Waals surface area contributed by atoms with Gasteiger partial charge in [0.05, 0.1) is 0 Å². The average molecular weight is 265 g/mol. The fraction of sp³-hybridized carbons (Fsp3) is 0.500. The van der Waals surface area contributed by atoms with Crippen LogP contribution < -0.4 is 4.74 Å². The molecule has 1 aromatic carbocycles. The highest BCUT2D eigenvalue weighted by molar-refractivity contribution is 5.30. The highest BCUT2D eigenvalue weighted by Gasteiger charge is 2.31. The van der Waals surface area contributed by atoms with Crippen LogP contribution in [-0.2, 0) is 6.42 Å². The first-order chi connectivity index (χ1) is 8.28. The fourth-order valence-corrected chi connectivity index (χ4v) is 1.53. The molecule has 0 radical (unpaired) electrons. The van der Waals surface area contributed by atoms with E-state index in [2.05, 4.69) is 4.74 Å². The zero-order valence-corrected chi connectivity index (χ0v) is 10.2. The summed E-state index contributed by atoms with van der Waals surface area (Å²) in [5.41, 5.74) is 0.235. The maximum atomic E-state index is 13.4. The number of rotatable bonds is 5. The lowest BCUT2D eigenvalue weighted by Crippen LogP contribution is -2.17. The third-order valence-corrected chi connectivity index (χ3v) is 2.30. The van der Waals surface area contributed by atoms with Crippen molar-refractivity contribution in [3.63, 3.8) is 0 Å². The molecule has 0 unspecified atom stereocenters. The number of ether oxygens (including phenoxy) is 1. The van der Waals surface area contributed by atoms with Crippen molar-refractivity contribution < 1.29 is 22.3 Å². The number of nitrogens with zero attached hydrogens (tertiary/aromatic N) is 1. The van der Waals surface area contributed by atoms with E-state index in [1.165, 1.54) is 0 Å². The van der Waals surface area contributed by atoms with Crippen molar-refractivity contribution >= 4 is 0 Å². The molecule has 0 heterocycles. The van der Waals surface area contributed by atoms with Gasteiger partial charge >= 0.3 is 6.36 Å². The molecule has 0 N–H and O–H groups in total. The second-order valence-corrected chi connectivity index (χ2v) is 4.21.